The molecule has 0 saturated heterocycles. The maximum absolute atomic E-state index is 3.98. The van der Waals surface area contributed by atoms with Crippen molar-refractivity contribution in [3.05, 3.63) is 54.5 Å². The lowest BCUT2D eigenvalue weighted by atomic mass is 10.2. The van der Waals surface area contributed by atoms with E-state index >= 15 is 0 Å². The molecule has 0 saturated carbocycles. The van der Waals surface area contributed by atoms with Crippen LogP contribution in [0.2, 0.25) is 0 Å². The summed E-state index contributed by atoms with van der Waals surface area (Å²) >= 11 is 0. The Morgan fingerprint density at radius 2 is 2.15 bits per heavy atom. The summed E-state index contributed by atoms with van der Waals surface area (Å²) < 4.78 is 2.32. The van der Waals surface area contributed by atoms with Gasteiger partial charge in [-0.25, -0.2) is 0 Å². The van der Waals surface area contributed by atoms with E-state index in [9.17, 15) is 0 Å². The molecule has 0 aliphatic rings. The molecule has 104 valence electrons. The maximum atomic E-state index is 3.98. The third kappa shape index (κ3) is 2.75. The third-order valence-corrected chi connectivity index (χ3v) is 3.70. The predicted molar refractivity (Wildman–Crippen MR) is 81.6 cm³/mol. The van der Waals surface area contributed by atoms with Gasteiger partial charge in [-0.15, -0.1) is 0 Å². The topological polar surface area (TPSA) is 45.6 Å². The van der Waals surface area contributed by atoms with E-state index in [1.54, 1.807) is 6.20 Å². The van der Waals surface area contributed by atoms with Crippen LogP contribution in [0.25, 0.3) is 10.9 Å². The zero-order valence-corrected chi connectivity index (χ0v) is 11.7. The molecular weight excluding hydrogens is 248 g/mol. The van der Waals surface area contributed by atoms with E-state index in [1.165, 1.54) is 10.9 Å². The van der Waals surface area contributed by atoms with Crippen LogP contribution in [0.4, 0.5) is 0 Å². The lowest BCUT2D eigenvalue weighted by Crippen LogP contribution is -2.21. The number of fused-ring (bicyclic) bond motifs is 1. The molecule has 0 aliphatic carbocycles. The summed E-state index contributed by atoms with van der Waals surface area (Å²) in [5, 5.41) is 11.8. The summed E-state index contributed by atoms with van der Waals surface area (Å²) in [4.78, 5) is 0. The standard InChI is InChI=1S/C16H20N4/c1-13(15-7-10-18-19-15)17-9-4-11-20-12-8-14-5-2-3-6-16(14)20/h2-3,5-8,10,12-13,17H,4,9,11H2,1H3,(H,18,19). The molecular formula is C16H20N4. The Kier molecular flexibility index (Phi) is 3.83. The Balaban J connectivity index is 1.50. The van der Waals surface area contributed by atoms with E-state index in [1.807, 2.05) is 6.07 Å². The van der Waals surface area contributed by atoms with Gasteiger partial charge in [0.1, 0.15) is 0 Å². The molecule has 2 aromatic heterocycles. The third-order valence-electron chi connectivity index (χ3n) is 3.70. The van der Waals surface area contributed by atoms with Crippen LogP contribution < -0.4 is 5.32 Å². The minimum absolute atomic E-state index is 0.318. The summed E-state index contributed by atoms with van der Waals surface area (Å²) in [6.45, 7) is 4.18. The summed E-state index contributed by atoms with van der Waals surface area (Å²) in [6, 6.07) is 13.0. The number of H-pyrrole nitrogens is 1. The van der Waals surface area contributed by atoms with Crippen molar-refractivity contribution in [2.24, 2.45) is 0 Å². The second-order valence-corrected chi connectivity index (χ2v) is 5.11. The quantitative estimate of drug-likeness (QED) is 0.675. The second-order valence-electron chi connectivity index (χ2n) is 5.11. The highest BCUT2D eigenvalue weighted by atomic mass is 15.1. The van der Waals surface area contributed by atoms with Crippen LogP contribution in [0, 0.1) is 0 Å². The molecule has 4 nitrogen and oxygen atoms in total. The zero-order chi connectivity index (χ0) is 13.8. The molecule has 0 spiro atoms. The van der Waals surface area contributed by atoms with Gasteiger partial charge in [0.15, 0.2) is 0 Å². The van der Waals surface area contributed by atoms with Crippen molar-refractivity contribution in [2.45, 2.75) is 25.9 Å². The number of hydrogen-bond donors (Lipinski definition) is 2. The molecule has 0 amide bonds. The highest BCUT2D eigenvalue weighted by Gasteiger charge is 2.05. The Morgan fingerprint density at radius 1 is 1.25 bits per heavy atom. The van der Waals surface area contributed by atoms with Crippen molar-refractivity contribution in [2.75, 3.05) is 6.54 Å². The second kappa shape index (κ2) is 5.92. The molecule has 2 N–H and O–H groups in total. The van der Waals surface area contributed by atoms with Crippen molar-refractivity contribution in [3.63, 3.8) is 0 Å². The largest absolute Gasteiger partial charge is 0.347 e. The van der Waals surface area contributed by atoms with Crippen molar-refractivity contribution in [3.8, 4) is 0 Å². The summed E-state index contributed by atoms with van der Waals surface area (Å²) in [5.74, 6) is 0. The molecule has 2 heterocycles. The van der Waals surface area contributed by atoms with Crippen LogP contribution >= 0.6 is 0 Å². The Hall–Kier alpha value is -2.07. The van der Waals surface area contributed by atoms with E-state index in [2.05, 4.69) is 63.5 Å². The van der Waals surface area contributed by atoms with Gasteiger partial charge in [-0.2, -0.15) is 5.10 Å². The van der Waals surface area contributed by atoms with Crippen LogP contribution in [0.5, 0.6) is 0 Å². The first kappa shape index (κ1) is 12.9. The van der Waals surface area contributed by atoms with Crippen LogP contribution in [-0.2, 0) is 6.54 Å². The Morgan fingerprint density at radius 3 is 3.00 bits per heavy atom. The monoisotopic (exact) mass is 268 g/mol. The minimum atomic E-state index is 0.318. The van der Waals surface area contributed by atoms with Gasteiger partial charge in [0, 0.05) is 30.5 Å². The summed E-state index contributed by atoms with van der Waals surface area (Å²) in [5.41, 5.74) is 2.45. The van der Waals surface area contributed by atoms with Gasteiger partial charge in [0.05, 0.1) is 5.69 Å². The molecule has 0 aliphatic heterocycles. The highest BCUT2D eigenvalue weighted by molar-refractivity contribution is 5.79. The molecule has 1 aromatic carbocycles. The molecule has 1 atom stereocenters. The lowest BCUT2D eigenvalue weighted by Gasteiger charge is -2.12. The van der Waals surface area contributed by atoms with Gasteiger partial charge in [-0.05, 0) is 43.5 Å². The van der Waals surface area contributed by atoms with Crippen LogP contribution in [0.1, 0.15) is 25.1 Å². The highest BCUT2D eigenvalue weighted by Crippen LogP contribution is 2.15. The first-order chi connectivity index (χ1) is 9.84. The molecule has 1 unspecified atom stereocenters. The van der Waals surface area contributed by atoms with E-state index < -0.39 is 0 Å². The SMILES string of the molecule is CC(NCCCn1ccc2ccccc21)c1ccn[nH]1. The van der Waals surface area contributed by atoms with Gasteiger partial charge in [0.25, 0.3) is 0 Å². The minimum Gasteiger partial charge on any atom is -0.347 e. The van der Waals surface area contributed by atoms with Crippen LogP contribution in [0.15, 0.2) is 48.8 Å². The number of rotatable bonds is 6. The number of aryl methyl sites for hydroxylation is 1. The number of nitrogens with zero attached hydrogens (tertiary/aromatic N) is 2. The van der Waals surface area contributed by atoms with E-state index in [0.717, 1.165) is 25.2 Å². The fourth-order valence-electron chi connectivity index (χ4n) is 2.52. The van der Waals surface area contributed by atoms with Crippen molar-refractivity contribution >= 4 is 10.9 Å². The molecule has 4 heteroatoms. The van der Waals surface area contributed by atoms with E-state index in [0.29, 0.717) is 6.04 Å². The Labute approximate surface area is 118 Å². The average molecular weight is 268 g/mol. The van der Waals surface area contributed by atoms with Gasteiger partial charge < -0.3 is 9.88 Å². The fraction of sp³-hybridized carbons (Fsp3) is 0.312. The smallest absolute Gasteiger partial charge is 0.0518 e. The maximum Gasteiger partial charge on any atom is 0.0518 e. The Bertz CT molecular complexity index is 654. The number of benzene rings is 1. The summed E-state index contributed by atoms with van der Waals surface area (Å²) in [6.07, 6.45) is 5.07. The van der Waals surface area contributed by atoms with Gasteiger partial charge in [0.2, 0.25) is 0 Å². The molecule has 0 bridgehead atoms. The predicted octanol–water partition coefficient (Wildman–Crippen LogP) is 3.11. The normalized spacial score (nSPS) is 12.8. The first-order valence-corrected chi connectivity index (χ1v) is 7.11. The van der Waals surface area contributed by atoms with E-state index in [4.69, 9.17) is 0 Å². The molecule has 3 aromatic rings. The molecule has 20 heavy (non-hydrogen) atoms. The fourth-order valence-corrected chi connectivity index (χ4v) is 2.52. The van der Waals surface area contributed by atoms with E-state index in [-0.39, 0.29) is 0 Å². The summed E-state index contributed by atoms with van der Waals surface area (Å²) in [7, 11) is 0. The van der Waals surface area contributed by atoms with Gasteiger partial charge >= 0.3 is 0 Å². The van der Waals surface area contributed by atoms with Gasteiger partial charge in [-0.1, -0.05) is 18.2 Å². The number of para-hydroxylation sites is 1. The van der Waals surface area contributed by atoms with Crippen LogP contribution in [0.3, 0.4) is 0 Å². The number of aromatic amines is 1. The van der Waals surface area contributed by atoms with Crippen molar-refractivity contribution in [1.29, 1.82) is 0 Å². The van der Waals surface area contributed by atoms with Crippen LogP contribution in [-0.4, -0.2) is 21.3 Å². The molecule has 0 radical (unpaired) electrons. The van der Waals surface area contributed by atoms with Gasteiger partial charge in [-0.3, -0.25) is 5.10 Å². The zero-order valence-electron chi connectivity index (χ0n) is 11.7. The number of nitrogens with one attached hydrogen (secondary N) is 2. The molecule has 3 rings (SSSR count). The number of hydrogen-bond acceptors (Lipinski definition) is 2. The average Bonchev–Trinajstić information content (AvgIpc) is 3.13. The number of aromatic nitrogens is 3. The lowest BCUT2D eigenvalue weighted by molar-refractivity contribution is 0.523. The first-order valence-electron chi connectivity index (χ1n) is 7.11. The molecule has 0 fully saturated rings. The van der Waals surface area contributed by atoms with Crippen molar-refractivity contribution < 1.29 is 0 Å². The van der Waals surface area contributed by atoms with Crippen molar-refractivity contribution in [1.82, 2.24) is 20.1 Å².